The molecule has 0 saturated carbocycles. The van der Waals surface area contributed by atoms with E-state index < -0.39 is 53.5 Å². The zero-order chi connectivity index (χ0) is 27.1. The van der Waals surface area contributed by atoms with Crippen molar-refractivity contribution >= 4 is 23.8 Å². The van der Waals surface area contributed by atoms with Gasteiger partial charge in [-0.2, -0.15) is 0 Å². The molecule has 2 atom stereocenters. The number of benzene rings is 1. The molecule has 0 aliphatic carbocycles. The maximum Gasteiger partial charge on any atom is 0.408 e. The number of carbonyl (C=O) groups is 4. The summed E-state index contributed by atoms with van der Waals surface area (Å²) in [5, 5.41) is 5.37. The number of amides is 4. The van der Waals surface area contributed by atoms with E-state index in [0.717, 1.165) is 11.1 Å². The van der Waals surface area contributed by atoms with Crippen LogP contribution in [-0.2, 0) is 19.1 Å². The first kappa shape index (κ1) is 29.7. The fourth-order valence-corrected chi connectivity index (χ4v) is 3.59. The minimum Gasteiger partial charge on any atom is -0.444 e. The van der Waals surface area contributed by atoms with Crippen LogP contribution in [0.3, 0.4) is 0 Å². The molecule has 4 N–H and O–H groups in total. The summed E-state index contributed by atoms with van der Waals surface area (Å²) in [4.78, 5) is 52.7. The second kappa shape index (κ2) is 11.9. The van der Waals surface area contributed by atoms with Crippen LogP contribution in [0.5, 0.6) is 0 Å². The largest absolute Gasteiger partial charge is 0.444 e. The van der Waals surface area contributed by atoms with Crippen LogP contribution < -0.4 is 16.4 Å². The molecule has 0 bridgehead atoms. The van der Waals surface area contributed by atoms with Crippen molar-refractivity contribution in [2.24, 2.45) is 5.73 Å². The van der Waals surface area contributed by atoms with Gasteiger partial charge in [0.2, 0.25) is 17.7 Å². The smallest absolute Gasteiger partial charge is 0.408 e. The van der Waals surface area contributed by atoms with Crippen LogP contribution >= 0.6 is 0 Å². The van der Waals surface area contributed by atoms with Crippen molar-refractivity contribution in [1.82, 2.24) is 15.5 Å². The fourth-order valence-electron chi connectivity index (χ4n) is 3.59. The number of rotatable bonds is 9. The monoisotopic (exact) mass is 488 g/mol. The lowest BCUT2D eigenvalue weighted by Gasteiger charge is -2.35. The van der Waals surface area contributed by atoms with E-state index in [2.05, 4.69) is 17.2 Å². The molecule has 0 fully saturated rings. The number of aryl methyl sites for hydroxylation is 2. The van der Waals surface area contributed by atoms with Crippen molar-refractivity contribution < 1.29 is 23.9 Å². The number of nitrogens with one attached hydrogen (secondary N) is 2. The summed E-state index contributed by atoms with van der Waals surface area (Å²) in [7, 11) is 0. The Labute approximate surface area is 208 Å². The van der Waals surface area contributed by atoms with Crippen molar-refractivity contribution in [2.75, 3.05) is 6.54 Å². The normalized spacial score (nSPS) is 13.3. The molecule has 0 aliphatic heterocycles. The molecule has 0 aliphatic rings. The quantitative estimate of drug-likeness (QED) is 0.460. The van der Waals surface area contributed by atoms with Crippen LogP contribution in [0.1, 0.15) is 70.7 Å². The van der Waals surface area contributed by atoms with Crippen LogP contribution in [0.4, 0.5) is 4.79 Å². The van der Waals surface area contributed by atoms with Crippen LogP contribution in [-0.4, -0.2) is 52.4 Å². The summed E-state index contributed by atoms with van der Waals surface area (Å²) in [6.07, 6.45) is 0.136. The molecule has 1 aromatic carbocycles. The Hall–Kier alpha value is -3.36. The summed E-state index contributed by atoms with van der Waals surface area (Å²) >= 11 is 0. The van der Waals surface area contributed by atoms with Gasteiger partial charge in [0.15, 0.2) is 0 Å². The SMILES string of the molecule is C=CCN(C(=O)C(CC(N)=O)NC(=O)OC(C)(C)C)C(C(=O)NC(C)(C)C)c1cc(C)cc(C)c1. The minimum atomic E-state index is -1.34. The number of ether oxygens (including phenoxy) is 1. The predicted octanol–water partition coefficient (Wildman–Crippen LogP) is 3.04. The van der Waals surface area contributed by atoms with E-state index in [1.165, 1.54) is 11.0 Å². The van der Waals surface area contributed by atoms with Gasteiger partial charge in [-0.3, -0.25) is 14.4 Å². The molecule has 1 aromatic rings. The Balaban J connectivity index is 3.55. The molecule has 9 nitrogen and oxygen atoms in total. The van der Waals surface area contributed by atoms with Gasteiger partial charge >= 0.3 is 6.09 Å². The Morgan fingerprint density at radius 1 is 1.06 bits per heavy atom. The third kappa shape index (κ3) is 10.2. The molecule has 0 saturated heterocycles. The second-order valence-corrected chi connectivity index (χ2v) is 10.7. The van der Waals surface area contributed by atoms with E-state index in [0.29, 0.717) is 5.56 Å². The fraction of sp³-hybridized carbons (Fsp3) is 0.538. The summed E-state index contributed by atoms with van der Waals surface area (Å²) in [5.41, 5.74) is 6.41. The molecular weight excluding hydrogens is 448 g/mol. The zero-order valence-corrected chi connectivity index (χ0v) is 22.2. The number of alkyl carbamates (subject to hydrolysis) is 1. The Bertz CT molecular complexity index is 939. The molecule has 35 heavy (non-hydrogen) atoms. The van der Waals surface area contributed by atoms with Gasteiger partial charge in [0, 0.05) is 12.1 Å². The van der Waals surface area contributed by atoms with Crippen molar-refractivity contribution in [3.8, 4) is 0 Å². The van der Waals surface area contributed by atoms with E-state index in [4.69, 9.17) is 10.5 Å². The van der Waals surface area contributed by atoms with E-state index in [1.807, 2.05) is 52.8 Å². The molecule has 2 unspecified atom stereocenters. The highest BCUT2D eigenvalue weighted by Gasteiger charge is 2.37. The number of primary amides is 1. The average Bonchev–Trinajstić information content (AvgIpc) is 2.62. The van der Waals surface area contributed by atoms with Gasteiger partial charge in [0.05, 0.1) is 6.42 Å². The lowest BCUT2D eigenvalue weighted by atomic mass is 9.97. The molecule has 0 spiro atoms. The topological polar surface area (TPSA) is 131 Å². The van der Waals surface area contributed by atoms with Crippen molar-refractivity contribution in [3.05, 3.63) is 47.5 Å². The summed E-state index contributed by atoms with van der Waals surface area (Å²) < 4.78 is 5.26. The van der Waals surface area contributed by atoms with Crippen LogP contribution in [0.25, 0.3) is 0 Å². The van der Waals surface area contributed by atoms with Gasteiger partial charge in [-0.05, 0) is 61.0 Å². The van der Waals surface area contributed by atoms with Crippen molar-refractivity contribution in [2.45, 2.75) is 85.0 Å². The summed E-state index contributed by atoms with van der Waals surface area (Å²) in [6.45, 7) is 18.0. The maximum absolute atomic E-state index is 13.7. The van der Waals surface area contributed by atoms with Gasteiger partial charge in [-0.25, -0.2) is 4.79 Å². The average molecular weight is 489 g/mol. The van der Waals surface area contributed by atoms with Crippen molar-refractivity contribution in [1.29, 1.82) is 0 Å². The molecule has 194 valence electrons. The highest BCUT2D eigenvalue weighted by atomic mass is 16.6. The Morgan fingerprint density at radius 3 is 2.03 bits per heavy atom. The summed E-state index contributed by atoms with van der Waals surface area (Å²) in [6, 6.07) is 3.23. The first-order chi connectivity index (χ1) is 15.9. The van der Waals surface area contributed by atoms with E-state index in [9.17, 15) is 19.2 Å². The minimum absolute atomic E-state index is 0.0146. The predicted molar refractivity (Wildman–Crippen MR) is 135 cm³/mol. The van der Waals surface area contributed by atoms with E-state index in [1.54, 1.807) is 20.8 Å². The lowest BCUT2D eigenvalue weighted by molar-refractivity contribution is -0.143. The first-order valence-electron chi connectivity index (χ1n) is 11.5. The highest BCUT2D eigenvalue weighted by Crippen LogP contribution is 2.26. The van der Waals surface area contributed by atoms with E-state index >= 15 is 0 Å². The number of hydrogen-bond acceptors (Lipinski definition) is 5. The standard InChI is InChI=1S/C26H40N4O5/c1-10-11-30(23(33)19(15-20(27)31)28-24(34)35-26(7,8)9)21(22(32)29-25(4,5)6)18-13-16(2)12-17(3)14-18/h10,12-14,19,21H,1,11,15H2,2-9H3,(H2,27,31)(H,28,34)(H,29,32). The van der Waals surface area contributed by atoms with Crippen LogP contribution in [0.15, 0.2) is 30.9 Å². The van der Waals surface area contributed by atoms with Crippen molar-refractivity contribution in [3.63, 3.8) is 0 Å². The molecule has 4 amide bonds. The summed E-state index contributed by atoms with van der Waals surface area (Å²) in [5.74, 6) is -1.87. The van der Waals surface area contributed by atoms with Gasteiger partial charge in [0.1, 0.15) is 17.7 Å². The molecule has 1 rings (SSSR count). The third-order valence-corrected chi connectivity index (χ3v) is 4.62. The zero-order valence-electron chi connectivity index (χ0n) is 22.2. The van der Waals surface area contributed by atoms with Crippen LogP contribution in [0, 0.1) is 13.8 Å². The number of nitrogens with two attached hydrogens (primary N) is 1. The number of carbonyl (C=O) groups excluding carboxylic acids is 4. The highest BCUT2D eigenvalue weighted by molar-refractivity contribution is 5.94. The Kier molecular flexibility index (Phi) is 10.1. The molecule has 0 radical (unpaired) electrons. The van der Waals surface area contributed by atoms with Gasteiger partial charge in [-0.15, -0.1) is 6.58 Å². The first-order valence-corrected chi connectivity index (χ1v) is 11.5. The molecule has 9 heteroatoms. The van der Waals surface area contributed by atoms with E-state index in [-0.39, 0.29) is 6.54 Å². The van der Waals surface area contributed by atoms with Gasteiger partial charge in [0.25, 0.3) is 0 Å². The Morgan fingerprint density at radius 2 is 1.60 bits per heavy atom. The number of hydrogen-bond donors (Lipinski definition) is 3. The molecular formula is C26H40N4O5. The van der Waals surface area contributed by atoms with Crippen LogP contribution in [0.2, 0.25) is 0 Å². The molecule has 0 aromatic heterocycles. The van der Waals surface area contributed by atoms with Gasteiger partial charge < -0.3 is 26.0 Å². The third-order valence-electron chi connectivity index (χ3n) is 4.62. The second-order valence-electron chi connectivity index (χ2n) is 10.7. The van der Waals surface area contributed by atoms with Gasteiger partial charge in [-0.1, -0.05) is 35.4 Å². The lowest BCUT2D eigenvalue weighted by Crippen LogP contribution is -2.55. The molecule has 0 heterocycles. The maximum atomic E-state index is 13.7. The number of nitrogens with zero attached hydrogens (tertiary/aromatic N) is 1.